The zero-order valence-electron chi connectivity index (χ0n) is 31.3. The molecule has 9 rings (SSSR count). The second kappa shape index (κ2) is 15.5. The van der Waals surface area contributed by atoms with Crippen LogP contribution in [0.5, 0.6) is 17.2 Å². The summed E-state index contributed by atoms with van der Waals surface area (Å²) < 4.78 is 27.5. The van der Waals surface area contributed by atoms with Crippen LogP contribution in [-0.4, -0.2) is 72.5 Å². The summed E-state index contributed by atoms with van der Waals surface area (Å²) in [6.07, 6.45) is 9.77. The lowest BCUT2D eigenvalue weighted by molar-refractivity contribution is -0.137. The number of rotatable bonds is 7. The van der Waals surface area contributed by atoms with Crippen LogP contribution in [0.25, 0.3) is 21.5 Å². The fourth-order valence-corrected chi connectivity index (χ4v) is 7.18. The molecule has 2 aliphatic heterocycles. The standard InChI is InChI=1S/C26H21NO5.C20H17NO4/c1-30-26(29)19-10-6-12-22-23(19)27-25(32-22)20-14-13-17-18(24(20)28)9-5-11-21(17)31-15-16-7-3-2-4-8-16;1-11-6-7-12-8-9-14(18(22)15(12)10-11)19-21-17-13(20(23)24-2)4-3-5-16(17)25-19/h2-14,22-23,28H,15H2,1H3;3-10,16-17,22H,1-2H3. The predicted octanol–water partition coefficient (Wildman–Crippen LogP) is 7.34. The molecule has 0 saturated heterocycles. The van der Waals surface area contributed by atoms with E-state index in [0.717, 1.165) is 27.3 Å². The Morgan fingerprint density at radius 1 is 0.667 bits per heavy atom. The summed E-state index contributed by atoms with van der Waals surface area (Å²) in [4.78, 5) is 33.1. The third kappa shape index (κ3) is 7.11. The summed E-state index contributed by atoms with van der Waals surface area (Å²) in [5.41, 5.74) is 3.97. The number of hydrogen-bond acceptors (Lipinski definition) is 11. The van der Waals surface area contributed by atoms with Crippen LogP contribution >= 0.6 is 0 Å². The number of aliphatic imine (C=N–C) groups is 2. The maximum Gasteiger partial charge on any atom is 0.336 e. The first-order chi connectivity index (χ1) is 27.7. The SMILES string of the molecule is COC(=O)C1=CC=CC2OC(c3ccc4c(OCc5ccccc5)cccc4c3O)=NC12.COC(=O)C1=CC=CC2OC(c3ccc4ccc(C)cc4c3O)=NC12. The molecular formula is C46H38N2O9. The fourth-order valence-electron chi connectivity index (χ4n) is 7.18. The number of hydrogen-bond donors (Lipinski definition) is 2. The molecule has 0 spiro atoms. The van der Waals surface area contributed by atoms with Gasteiger partial charge in [0.05, 0.1) is 36.5 Å². The second-order valence-corrected chi connectivity index (χ2v) is 13.7. The minimum atomic E-state index is -0.502. The highest BCUT2D eigenvalue weighted by molar-refractivity contribution is 6.07. The smallest absolute Gasteiger partial charge is 0.336 e. The molecule has 4 aliphatic rings. The Morgan fingerprint density at radius 2 is 1.25 bits per heavy atom. The van der Waals surface area contributed by atoms with Crippen LogP contribution in [0.3, 0.4) is 0 Å². The molecule has 2 aliphatic carbocycles. The maximum atomic E-state index is 12.1. The van der Waals surface area contributed by atoms with Crippen LogP contribution in [0, 0.1) is 6.92 Å². The van der Waals surface area contributed by atoms with E-state index >= 15 is 0 Å². The summed E-state index contributed by atoms with van der Waals surface area (Å²) in [7, 11) is 2.68. The number of phenols is 2. The van der Waals surface area contributed by atoms with Crippen molar-refractivity contribution in [2.24, 2.45) is 9.98 Å². The van der Waals surface area contributed by atoms with Gasteiger partial charge in [-0.25, -0.2) is 19.6 Å². The van der Waals surface area contributed by atoms with Crippen molar-refractivity contribution in [1.82, 2.24) is 0 Å². The highest BCUT2D eigenvalue weighted by atomic mass is 16.5. The molecule has 11 nitrogen and oxygen atoms in total. The van der Waals surface area contributed by atoms with E-state index in [0.29, 0.717) is 45.9 Å². The Labute approximate surface area is 328 Å². The van der Waals surface area contributed by atoms with Crippen molar-refractivity contribution in [3.63, 3.8) is 0 Å². The lowest BCUT2D eigenvalue weighted by Crippen LogP contribution is -2.28. The molecule has 4 atom stereocenters. The van der Waals surface area contributed by atoms with Gasteiger partial charge < -0.3 is 33.9 Å². The second-order valence-electron chi connectivity index (χ2n) is 13.7. The van der Waals surface area contributed by atoms with Crippen molar-refractivity contribution in [3.05, 3.63) is 161 Å². The first-order valence-electron chi connectivity index (χ1n) is 18.3. The van der Waals surface area contributed by atoms with Gasteiger partial charge in [0.2, 0.25) is 11.8 Å². The average molecular weight is 763 g/mol. The molecule has 286 valence electrons. The van der Waals surface area contributed by atoms with Gasteiger partial charge in [-0.3, -0.25) is 0 Å². The van der Waals surface area contributed by atoms with Crippen molar-refractivity contribution in [2.75, 3.05) is 14.2 Å². The molecule has 0 saturated carbocycles. The molecule has 4 unspecified atom stereocenters. The van der Waals surface area contributed by atoms with Crippen molar-refractivity contribution in [1.29, 1.82) is 0 Å². The third-order valence-corrected chi connectivity index (χ3v) is 10.1. The van der Waals surface area contributed by atoms with Crippen molar-refractivity contribution < 1.29 is 43.5 Å². The number of aryl methyl sites for hydroxylation is 1. The molecule has 5 aromatic rings. The third-order valence-electron chi connectivity index (χ3n) is 10.1. The molecule has 5 aromatic carbocycles. The van der Waals surface area contributed by atoms with E-state index in [1.54, 1.807) is 36.4 Å². The lowest BCUT2D eigenvalue weighted by atomic mass is 9.97. The van der Waals surface area contributed by atoms with Gasteiger partial charge >= 0.3 is 11.9 Å². The normalized spacial score (nSPS) is 20.1. The molecule has 0 radical (unpaired) electrons. The molecule has 0 fully saturated rings. The van der Waals surface area contributed by atoms with E-state index in [2.05, 4.69) is 9.98 Å². The summed E-state index contributed by atoms with van der Waals surface area (Å²) in [5.74, 6) is 0.611. The predicted molar refractivity (Wildman–Crippen MR) is 216 cm³/mol. The monoisotopic (exact) mass is 762 g/mol. The first kappa shape index (κ1) is 36.8. The van der Waals surface area contributed by atoms with Gasteiger partial charge in [-0.2, -0.15) is 0 Å². The Morgan fingerprint density at radius 3 is 1.86 bits per heavy atom. The number of phenolic OH excluding ortho intramolecular Hbond substituents is 2. The summed E-state index contributed by atoms with van der Waals surface area (Å²) >= 11 is 0. The number of benzene rings is 5. The van der Waals surface area contributed by atoms with E-state index in [-0.39, 0.29) is 23.5 Å². The number of carbonyl (C=O) groups excluding carboxylic acids is 2. The zero-order chi connectivity index (χ0) is 39.6. The minimum absolute atomic E-state index is 0.0534. The van der Waals surface area contributed by atoms with Gasteiger partial charge in [-0.15, -0.1) is 0 Å². The molecule has 2 N–H and O–H groups in total. The first-order valence-corrected chi connectivity index (χ1v) is 18.3. The van der Waals surface area contributed by atoms with Crippen LogP contribution < -0.4 is 4.74 Å². The summed E-state index contributed by atoms with van der Waals surface area (Å²) in [6, 6.07) is 27.7. The molecule has 0 aromatic heterocycles. The molecule has 0 amide bonds. The molecule has 11 heteroatoms. The number of ether oxygens (including phenoxy) is 5. The quantitative estimate of drug-likeness (QED) is 0.163. The highest BCUT2D eigenvalue weighted by Gasteiger charge is 2.39. The van der Waals surface area contributed by atoms with Crippen molar-refractivity contribution in [3.8, 4) is 17.2 Å². The number of fused-ring (bicyclic) bond motifs is 4. The topological polar surface area (TPSA) is 145 Å². The van der Waals surface area contributed by atoms with E-state index in [1.807, 2.05) is 97.9 Å². The van der Waals surface area contributed by atoms with Gasteiger partial charge in [-0.1, -0.05) is 78.4 Å². The fraction of sp³-hybridized carbons (Fsp3) is 0.174. The Bertz CT molecular complexity index is 2600. The van der Waals surface area contributed by atoms with Gasteiger partial charge in [0.15, 0.2) is 0 Å². The van der Waals surface area contributed by atoms with Crippen molar-refractivity contribution in [2.45, 2.75) is 37.8 Å². The van der Waals surface area contributed by atoms with Gasteiger partial charge in [0, 0.05) is 16.2 Å². The van der Waals surface area contributed by atoms with E-state index in [1.165, 1.54) is 14.2 Å². The van der Waals surface area contributed by atoms with Crippen LogP contribution in [0.1, 0.15) is 22.3 Å². The average Bonchev–Trinajstić information content (AvgIpc) is 3.88. The number of allylic oxidation sites excluding steroid dienone is 4. The van der Waals surface area contributed by atoms with Gasteiger partial charge in [0.25, 0.3) is 0 Å². The van der Waals surface area contributed by atoms with E-state index in [9.17, 15) is 19.8 Å². The van der Waals surface area contributed by atoms with Crippen LogP contribution in [-0.2, 0) is 35.1 Å². The summed E-state index contributed by atoms with van der Waals surface area (Å²) in [6.45, 7) is 2.40. The number of nitrogens with zero attached hydrogens (tertiary/aromatic N) is 2. The Hall–Kier alpha value is -7.14. The minimum Gasteiger partial charge on any atom is -0.506 e. The highest BCUT2D eigenvalue weighted by Crippen LogP contribution is 2.38. The Balaban J connectivity index is 0.000000165. The van der Waals surface area contributed by atoms with Gasteiger partial charge in [-0.05, 0) is 72.5 Å². The number of carbonyl (C=O) groups is 2. The maximum absolute atomic E-state index is 12.1. The van der Waals surface area contributed by atoms with Crippen LogP contribution in [0.4, 0.5) is 0 Å². The largest absolute Gasteiger partial charge is 0.506 e. The molecule has 2 heterocycles. The summed E-state index contributed by atoms with van der Waals surface area (Å²) in [5, 5.41) is 24.8. The zero-order valence-corrected chi connectivity index (χ0v) is 31.3. The van der Waals surface area contributed by atoms with Crippen LogP contribution in [0.2, 0.25) is 0 Å². The van der Waals surface area contributed by atoms with E-state index in [4.69, 9.17) is 23.7 Å². The Kier molecular flexibility index (Phi) is 10.0. The molecule has 57 heavy (non-hydrogen) atoms. The van der Waals surface area contributed by atoms with E-state index < -0.39 is 30.1 Å². The molecular weight excluding hydrogens is 725 g/mol. The molecule has 0 bridgehead atoms. The van der Waals surface area contributed by atoms with Gasteiger partial charge in [0.1, 0.15) is 48.1 Å². The van der Waals surface area contributed by atoms with Crippen molar-refractivity contribution >= 4 is 45.3 Å². The number of aromatic hydroxyl groups is 2. The van der Waals surface area contributed by atoms with Crippen LogP contribution in [0.15, 0.2) is 149 Å². The number of esters is 2. The lowest BCUT2D eigenvalue weighted by Gasteiger charge is -2.18. The number of methoxy groups -OCH3 is 2.